The molecule has 0 bridgehead atoms. The van der Waals surface area contributed by atoms with Crippen molar-refractivity contribution in [3.8, 4) is 11.5 Å². The van der Waals surface area contributed by atoms with Crippen LogP contribution < -0.4 is 14.8 Å². The molecule has 0 aliphatic heterocycles. The largest absolute Gasteiger partial charge is 0.496 e. The minimum atomic E-state index is 0. The van der Waals surface area contributed by atoms with Crippen LogP contribution in [-0.2, 0) is 6.42 Å². The van der Waals surface area contributed by atoms with Gasteiger partial charge in [-0.3, -0.25) is 4.99 Å². The van der Waals surface area contributed by atoms with Gasteiger partial charge in [0.05, 0.1) is 13.7 Å². The van der Waals surface area contributed by atoms with E-state index in [0.717, 1.165) is 37.0 Å². The molecule has 0 radical (unpaired) electrons. The molecule has 142 valence electrons. The fourth-order valence-corrected chi connectivity index (χ4v) is 2.53. The van der Waals surface area contributed by atoms with Gasteiger partial charge in [0.15, 0.2) is 5.96 Å². The van der Waals surface area contributed by atoms with E-state index in [1.54, 1.807) is 14.2 Å². The van der Waals surface area contributed by atoms with Gasteiger partial charge in [-0.05, 0) is 30.2 Å². The third-order valence-corrected chi connectivity index (χ3v) is 3.88. The molecule has 5 nitrogen and oxygen atoms in total. The quantitative estimate of drug-likeness (QED) is 0.366. The van der Waals surface area contributed by atoms with Crippen LogP contribution in [0.15, 0.2) is 59.6 Å². The molecule has 0 saturated heterocycles. The minimum Gasteiger partial charge on any atom is -0.496 e. The van der Waals surface area contributed by atoms with E-state index < -0.39 is 0 Å². The number of halogens is 1. The molecule has 26 heavy (non-hydrogen) atoms. The molecule has 0 atom stereocenters. The van der Waals surface area contributed by atoms with Gasteiger partial charge in [-0.2, -0.15) is 0 Å². The Bertz CT molecular complexity index is 665. The number of nitrogens with zero attached hydrogens (tertiary/aromatic N) is 2. The summed E-state index contributed by atoms with van der Waals surface area (Å²) in [6, 6.07) is 17.9. The standard InChI is InChI=1S/C20H27N3O2.HI/c1-21-20(22-14-13-17-9-7-8-12-19(17)24-3)23(2)15-16-25-18-10-5-4-6-11-18;/h4-12H,13-16H2,1-3H3,(H,21,22);1H. The van der Waals surface area contributed by atoms with E-state index in [9.17, 15) is 0 Å². The van der Waals surface area contributed by atoms with Crippen LogP contribution in [-0.4, -0.2) is 51.8 Å². The van der Waals surface area contributed by atoms with Gasteiger partial charge in [0.25, 0.3) is 0 Å². The maximum absolute atomic E-state index is 5.73. The van der Waals surface area contributed by atoms with Crippen LogP contribution >= 0.6 is 24.0 Å². The molecule has 0 fully saturated rings. The van der Waals surface area contributed by atoms with Crippen molar-refractivity contribution in [2.75, 3.05) is 40.9 Å². The molecule has 0 unspecified atom stereocenters. The van der Waals surface area contributed by atoms with Gasteiger partial charge in [0, 0.05) is 20.6 Å². The molecule has 0 aromatic heterocycles. The molecule has 0 spiro atoms. The number of para-hydroxylation sites is 2. The number of aliphatic imine (C=N–C) groups is 1. The summed E-state index contributed by atoms with van der Waals surface area (Å²) in [5.41, 5.74) is 1.18. The lowest BCUT2D eigenvalue weighted by molar-refractivity contribution is 0.281. The third kappa shape index (κ3) is 7.11. The SMILES string of the molecule is CN=C(NCCc1ccccc1OC)N(C)CCOc1ccccc1.I. The first-order valence-corrected chi connectivity index (χ1v) is 8.46. The molecular formula is C20H28IN3O2. The fourth-order valence-electron chi connectivity index (χ4n) is 2.53. The number of likely N-dealkylation sites (N-methyl/N-ethyl adjacent to an activating group) is 1. The highest BCUT2D eigenvalue weighted by molar-refractivity contribution is 14.0. The van der Waals surface area contributed by atoms with Crippen molar-refractivity contribution in [1.82, 2.24) is 10.2 Å². The van der Waals surface area contributed by atoms with Crippen LogP contribution in [0, 0.1) is 0 Å². The highest BCUT2D eigenvalue weighted by Gasteiger charge is 2.07. The number of benzene rings is 2. The van der Waals surface area contributed by atoms with Crippen LogP contribution in [0.4, 0.5) is 0 Å². The van der Waals surface area contributed by atoms with E-state index in [1.165, 1.54) is 5.56 Å². The highest BCUT2D eigenvalue weighted by Crippen LogP contribution is 2.17. The number of hydrogen-bond donors (Lipinski definition) is 1. The molecule has 1 N–H and O–H groups in total. The van der Waals surface area contributed by atoms with Crippen molar-refractivity contribution in [1.29, 1.82) is 0 Å². The Balaban J connectivity index is 0.00000338. The molecule has 2 aromatic carbocycles. The molecule has 0 amide bonds. The monoisotopic (exact) mass is 469 g/mol. The fraction of sp³-hybridized carbons (Fsp3) is 0.350. The molecule has 0 aliphatic rings. The van der Waals surface area contributed by atoms with Crippen LogP contribution in [0.25, 0.3) is 0 Å². The third-order valence-electron chi connectivity index (χ3n) is 3.88. The van der Waals surface area contributed by atoms with Gasteiger partial charge in [-0.15, -0.1) is 24.0 Å². The Kier molecular flexibility index (Phi) is 10.5. The summed E-state index contributed by atoms with van der Waals surface area (Å²) in [5, 5.41) is 3.38. The molecule has 6 heteroatoms. The second-order valence-electron chi connectivity index (χ2n) is 5.62. The lowest BCUT2D eigenvalue weighted by Crippen LogP contribution is -2.41. The van der Waals surface area contributed by atoms with E-state index >= 15 is 0 Å². The van der Waals surface area contributed by atoms with Crippen LogP contribution in [0.1, 0.15) is 5.56 Å². The summed E-state index contributed by atoms with van der Waals surface area (Å²) in [6.45, 7) is 2.15. The Hall–Kier alpha value is -1.96. The summed E-state index contributed by atoms with van der Waals surface area (Å²) in [7, 11) is 5.50. The molecule has 0 aliphatic carbocycles. The Morgan fingerprint density at radius 1 is 1.08 bits per heavy atom. The van der Waals surface area contributed by atoms with Crippen molar-refractivity contribution in [2.45, 2.75) is 6.42 Å². The Morgan fingerprint density at radius 2 is 1.77 bits per heavy atom. The predicted octanol–water partition coefficient (Wildman–Crippen LogP) is 3.44. The van der Waals surface area contributed by atoms with E-state index in [0.29, 0.717) is 6.61 Å². The Morgan fingerprint density at radius 3 is 2.46 bits per heavy atom. The number of ether oxygens (including phenoxy) is 2. The molecule has 2 aromatic rings. The molecule has 2 rings (SSSR count). The number of rotatable bonds is 8. The summed E-state index contributed by atoms with van der Waals surface area (Å²) in [6.07, 6.45) is 0.872. The minimum absolute atomic E-state index is 0. The number of methoxy groups -OCH3 is 1. The number of hydrogen-bond acceptors (Lipinski definition) is 3. The topological polar surface area (TPSA) is 46.1 Å². The van der Waals surface area contributed by atoms with Gasteiger partial charge in [-0.1, -0.05) is 36.4 Å². The zero-order valence-electron chi connectivity index (χ0n) is 15.6. The smallest absolute Gasteiger partial charge is 0.193 e. The predicted molar refractivity (Wildman–Crippen MR) is 118 cm³/mol. The van der Waals surface area contributed by atoms with Crippen LogP contribution in [0.3, 0.4) is 0 Å². The lowest BCUT2D eigenvalue weighted by atomic mass is 10.1. The Labute approximate surface area is 173 Å². The average molecular weight is 469 g/mol. The summed E-state index contributed by atoms with van der Waals surface area (Å²) in [5.74, 6) is 2.66. The first-order valence-electron chi connectivity index (χ1n) is 8.46. The van der Waals surface area contributed by atoms with Crippen molar-refractivity contribution in [2.24, 2.45) is 4.99 Å². The van der Waals surface area contributed by atoms with E-state index in [2.05, 4.69) is 21.3 Å². The number of guanidine groups is 1. The van der Waals surface area contributed by atoms with Crippen LogP contribution in [0.5, 0.6) is 11.5 Å². The lowest BCUT2D eigenvalue weighted by Gasteiger charge is -2.22. The average Bonchev–Trinajstić information content (AvgIpc) is 2.66. The molecular weight excluding hydrogens is 441 g/mol. The second-order valence-corrected chi connectivity index (χ2v) is 5.62. The zero-order chi connectivity index (χ0) is 17.9. The van der Waals surface area contributed by atoms with Crippen molar-refractivity contribution < 1.29 is 9.47 Å². The van der Waals surface area contributed by atoms with E-state index in [1.807, 2.05) is 55.6 Å². The van der Waals surface area contributed by atoms with Crippen molar-refractivity contribution in [3.63, 3.8) is 0 Å². The summed E-state index contributed by atoms with van der Waals surface area (Å²) >= 11 is 0. The van der Waals surface area contributed by atoms with E-state index in [-0.39, 0.29) is 24.0 Å². The van der Waals surface area contributed by atoms with Gasteiger partial charge in [0.1, 0.15) is 18.1 Å². The van der Waals surface area contributed by atoms with Gasteiger partial charge in [-0.25, -0.2) is 0 Å². The first kappa shape index (κ1) is 22.1. The summed E-state index contributed by atoms with van der Waals surface area (Å²) in [4.78, 5) is 6.39. The van der Waals surface area contributed by atoms with E-state index in [4.69, 9.17) is 9.47 Å². The maximum Gasteiger partial charge on any atom is 0.193 e. The van der Waals surface area contributed by atoms with Gasteiger partial charge in [0.2, 0.25) is 0 Å². The van der Waals surface area contributed by atoms with Crippen LogP contribution in [0.2, 0.25) is 0 Å². The molecule has 0 heterocycles. The number of nitrogens with one attached hydrogen (secondary N) is 1. The summed E-state index contributed by atoms with van der Waals surface area (Å²) < 4.78 is 11.1. The molecule has 0 saturated carbocycles. The second kappa shape index (κ2) is 12.4. The highest BCUT2D eigenvalue weighted by atomic mass is 127. The zero-order valence-corrected chi connectivity index (χ0v) is 18.0. The normalized spacial score (nSPS) is 10.7. The first-order chi connectivity index (χ1) is 12.2. The van der Waals surface area contributed by atoms with Crippen molar-refractivity contribution >= 4 is 29.9 Å². The van der Waals surface area contributed by atoms with Gasteiger partial charge >= 0.3 is 0 Å². The van der Waals surface area contributed by atoms with Gasteiger partial charge < -0.3 is 19.7 Å². The van der Waals surface area contributed by atoms with Crippen molar-refractivity contribution in [3.05, 3.63) is 60.2 Å². The maximum atomic E-state index is 5.73.